The SMILES string of the molecule is CC.CC(F)(F)C(F)(F)C(F)(F)C(F)(F)C(F)(F)C(F)(F)C(F)(F)C(F)(F)C(F)(F)C(F)(F)C(F)(F)C(F)(F)C(F)(F)C(F)(F)C(F)(F)C(F)(F)C(F)(F)C(F)(F)C(F)(F)C(F)(F)C(F)(F)C(F)(F)C(F)(F)F. The highest BCUT2D eigenvalue weighted by atomic mass is 19.4. The lowest BCUT2D eigenvalue weighted by Gasteiger charge is -2.47. The van der Waals surface area contributed by atoms with E-state index in [1.165, 1.54) is 0 Å². The molecule has 0 nitrogen and oxygen atoms in total. The Morgan fingerprint density at radius 1 is 0.123 bits per heavy atom. The molecule has 0 atom stereocenters. The molecule has 0 aliphatic carbocycles. The largest absolute Gasteiger partial charge is 0.460 e. The van der Waals surface area contributed by atoms with E-state index in [1.54, 1.807) is 0 Å². The predicted molar refractivity (Wildman–Crippen MR) is 132 cm³/mol. The molecule has 0 N–H and O–H groups in total. The minimum Gasteiger partial charge on any atom is -0.200 e. The minimum absolute atomic E-state index is 1.83. The van der Waals surface area contributed by atoms with Gasteiger partial charge in [0.15, 0.2) is 0 Å². The average molecular weight is 1210 g/mol. The summed E-state index contributed by atoms with van der Waals surface area (Å²) in [7, 11) is 0. The topological polar surface area (TPSA) is 0 Å². The second-order valence-electron chi connectivity index (χ2n) is 13.4. The van der Waals surface area contributed by atoms with Crippen molar-refractivity contribution in [3.05, 3.63) is 0 Å². The molecule has 0 saturated carbocycles. The van der Waals surface area contributed by atoms with E-state index in [9.17, 15) is 206 Å². The molecular formula is C26H9F47. The third-order valence-corrected chi connectivity index (χ3v) is 8.79. The summed E-state index contributed by atoms with van der Waals surface area (Å²) in [4.78, 5) is 0. The second kappa shape index (κ2) is 17.4. The first-order valence-corrected chi connectivity index (χ1v) is 15.9. The third-order valence-electron chi connectivity index (χ3n) is 8.79. The highest BCUT2D eigenvalue weighted by molar-refractivity contribution is 5.24. The molecule has 0 aromatic rings. The summed E-state index contributed by atoms with van der Waals surface area (Å²) in [5.74, 6) is -222. The molecule has 0 aromatic heterocycles. The van der Waals surface area contributed by atoms with Gasteiger partial charge in [0.2, 0.25) is 0 Å². The van der Waals surface area contributed by atoms with Gasteiger partial charge in [-0.05, 0) is 0 Å². The van der Waals surface area contributed by atoms with Gasteiger partial charge in [-0.2, -0.15) is 206 Å². The van der Waals surface area contributed by atoms with Crippen LogP contribution in [0.4, 0.5) is 206 Å². The molecule has 0 heterocycles. The van der Waals surface area contributed by atoms with Gasteiger partial charge in [-0.25, -0.2) is 0 Å². The van der Waals surface area contributed by atoms with Crippen LogP contribution in [0, 0.1) is 0 Å². The van der Waals surface area contributed by atoms with Crippen LogP contribution in [-0.2, 0) is 0 Å². The summed E-state index contributed by atoms with van der Waals surface area (Å²) in [5.41, 5.74) is 0. The van der Waals surface area contributed by atoms with Gasteiger partial charge in [0.05, 0.1) is 0 Å². The Balaban J connectivity index is 0. The van der Waals surface area contributed by atoms with Crippen LogP contribution < -0.4 is 0 Å². The van der Waals surface area contributed by atoms with Gasteiger partial charge < -0.3 is 0 Å². The lowest BCUT2D eigenvalue weighted by molar-refractivity contribution is -0.498. The molecule has 0 aromatic carbocycles. The van der Waals surface area contributed by atoms with Gasteiger partial charge in [0.25, 0.3) is 0 Å². The molecule has 0 radical (unpaired) electrons. The van der Waals surface area contributed by atoms with E-state index in [2.05, 4.69) is 0 Å². The Kier molecular flexibility index (Phi) is 17.1. The Hall–Kier alpha value is -3.29. The number of hydrogen-bond donors (Lipinski definition) is 0. The highest BCUT2D eigenvalue weighted by Gasteiger charge is 3.04. The van der Waals surface area contributed by atoms with Crippen LogP contribution in [0.1, 0.15) is 20.8 Å². The molecule has 0 aliphatic heterocycles. The van der Waals surface area contributed by atoms with Crippen LogP contribution in [-0.4, -0.2) is 136 Å². The zero-order chi connectivity index (χ0) is 61.5. The number of hydrogen-bond acceptors (Lipinski definition) is 0. The summed E-state index contributed by atoms with van der Waals surface area (Å²) in [6.45, 7) is 2.17. The first kappa shape index (κ1) is 71.8. The Labute approximate surface area is 365 Å². The van der Waals surface area contributed by atoms with Crippen molar-refractivity contribution in [2.75, 3.05) is 0 Å². The van der Waals surface area contributed by atoms with E-state index in [4.69, 9.17) is 0 Å². The van der Waals surface area contributed by atoms with Gasteiger partial charge >= 0.3 is 136 Å². The molecule has 47 heteroatoms. The maximum absolute atomic E-state index is 14.1. The van der Waals surface area contributed by atoms with Crippen molar-refractivity contribution in [2.24, 2.45) is 0 Å². The molecule has 0 unspecified atom stereocenters. The molecule has 442 valence electrons. The fraction of sp³-hybridized carbons (Fsp3) is 1.00. The van der Waals surface area contributed by atoms with Crippen molar-refractivity contribution in [3.8, 4) is 0 Å². The van der Waals surface area contributed by atoms with Crippen molar-refractivity contribution in [2.45, 2.75) is 157 Å². The van der Waals surface area contributed by atoms with Crippen molar-refractivity contribution in [3.63, 3.8) is 0 Å². The molecule has 0 amide bonds. The van der Waals surface area contributed by atoms with Crippen LogP contribution in [0.2, 0.25) is 0 Å². The normalized spacial score (nSPS) is 17.2. The number of halogens is 47. The van der Waals surface area contributed by atoms with Crippen molar-refractivity contribution < 1.29 is 206 Å². The molecule has 0 aliphatic rings. The van der Waals surface area contributed by atoms with Gasteiger partial charge in [0.1, 0.15) is 0 Å². The van der Waals surface area contributed by atoms with Crippen molar-refractivity contribution in [1.82, 2.24) is 0 Å². The van der Waals surface area contributed by atoms with E-state index in [-0.39, 0.29) is 0 Å². The zero-order valence-electron chi connectivity index (χ0n) is 32.3. The first-order valence-electron chi connectivity index (χ1n) is 15.9. The fourth-order valence-corrected chi connectivity index (χ4v) is 4.20. The smallest absolute Gasteiger partial charge is 0.200 e. The quantitative estimate of drug-likeness (QED) is 0.101. The van der Waals surface area contributed by atoms with Crippen LogP contribution in [0.25, 0.3) is 0 Å². The summed E-state index contributed by atoms with van der Waals surface area (Å²) in [5, 5.41) is 0. The van der Waals surface area contributed by atoms with E-state index in [1.807, 2.05) is 13.8 Å². The van der Waals surface area contributed by atoms with Gasteiger partial charge in [0, 0.05) is 6.92 Å². The van der Waals surface area contributed by atoms with Gasteiger partial charge in [-0.1, -0.05) is 13.8 Å². The molecule has 0 fully saturated rings. The Morgan fingerprint density at radius 2 is 0.192 bits per heavy atom. The summed E-state index contributed by atoms with van der Waals surface area (Å²) < 4.78 is 640. The monoisotopic (exact) mass is 1210 g/mol. The molecule has 0 saturated heterocycles. The van der Waals surface area contributed by atoms with Crippen LogP contribution in [0.5, 0.6) is 0 Å². The predicted octanol–water partition coefficient (Wildman–Crippen LogP) is 16.6. The molecule has 73 heavy (non-hydrogen) atoms. The van der Waals surface area contributed by atoms with Crippen molar-refractivity contribution in [1.29, 1.82) is 0 Å². The average Bonchev–Trinajstić information content (AvgIpc) is 3.15. The number of rotatable bonds is 21. The van der Waals surface area contributed by atoms with Crippen LogP contribution >= 0.6 is 0 Å². The lowest BCUT2D eigenvalue weighted by atomic mass is 9.81. The van der Waals surface area contributed by atoms with Crippen LogP contribution in [0.15, 0.2) is 0 Å². The molecular weight excluding hydrogens is 1210 g/mol. The van der Waals surface area contributed by atoms with E-state index < -0.39 is 143 Å². The lowest BCUT2D eigenvalue weighted by Crippen LogP contribution is -2.81. The number of alkyl halides is 47. The zero-order valence-corrected chi connectivity index (χ0v) is 32.3. The van der Waals surface area contributed by atoms with E-state index >= 15 is 0 Å². The van der Waals surface area contributed by atoms with E-state index in [0.717, 1.165) is 0 Å². The maximum Gasteiger partial charge on any atom is 0.460 e. The Morgan fingerprint density at radius 3 is 0.260 bits per heavy atom. The van der Waals surface area contributed by atoms with Gasteiger partial charge in [-0.3, -0.25) is 0 Å². The van der Waals surface area contributed by atoms with Crippen LogP contribution in [0.3, 0.4) is 0 Å². The standard InChI is InChI=1S/C24H3F47.C2H6/c1-2(25,26)3(27,28)4(29,30)5(31,32)6(33,34)7(35,36)8(37,38)9(39,40)10(41,42)11(43,44)12(45,46)13(47,48)14(49,50)15(51,52)16(53,54)17(55,56)18(57,58)19(59,60)20(61,62)21(63,64)22(65,66)23(67,68)24(69,70)71;1-2/h1H3;1-2H3. The maximum atomic E-state index is 14.1. The molecule has 0 rings (SSSR count). The summed E-state index contributed by atoms with van der Waals surface area (Å²) in [6, 6.07) is 0. The van der Waals surface area contributed by atoms with E-state index in [0.29, 0.717) is 0 Å². The minimum atomic E-state index is -10.8. The second-order valence-corrected chi connectivity index (χ2v) is 13.4. The highest BCUT2D eigenvalue weighted by Crippen LogP contribution is 2.72. The van der Waals surface area contributed by atoms with Gasteiger partial charge in [-0.15, -0.1) is 0 Å². The first-order chi connectivity index (χ1) is 30.5. The fourth-order valence-electron chi connectivity index (χ4n) is 4.20. The molecule has 0 spiro atoms. The summed E-state index contributed by atoms with van der Waals surface area (Å²) >= 11 is 0. The van der Waals surface area contributed by atoms with Crippen molar-refractivity contribution >= 4 is 0 Å². The molecule has 0 bridgehead atoms. The summed E-state index contributed by atoms with van der Waals surface area (Å²) in [6.07, 6.45) is -8.59. The Bertz CT molecular complexity index is 1790. The third kappa shape index (κ3) is 8.07.